The van der Waals surface area contributed by atoms with Crippen molar-refractivity contribution in [1.82, 2.24) is 10.2 Å². The Morgan fingerprint density at radius 2 is 2.53 bits per heavy atom. The maximum atomic E-state index is 3.54. The van der Waals surface area contributed by atoms with E-state index < -0.39 is 0 Å². The molecule has 0 aliphatic carbocycles. The maximum Gasteiger partial charge on any atom is 0.0195 e. The van der Waals surface area contributed by atoms with E-state index in [0.717, 1.165) is 6.04 Å². The first-order valence-electron chi connectivity index (χ1n) is 5.79. The standard InChI is InChI=1S/C12H20N2S/c1-14(10-11-4-2-7-13-11)8-6-12-5-3-9-15-12/h3,5,9,11,13H,2,4,6-8,10H2,1H3/t11-/m1/s1. The van der Waals surface area contributed by atoms with Crippen molar-refractivity contribution in [2.45, 2.75) is 25.3 Å². The van der Waals surface area contributed by atoms with Crippen LogP contribution in [-0.4, -0.2) is 37.6 Å². The third kappa shape index (κ3) is 3.59. The second-order valence-electron chi connectivity index (χ2n) is 4.38. The van der Waals surface area contributed by atoms with Gasteiger partial charge in [0.05, 0.1) is 0 Å². The van der Waals surface area contributed by atoms with E-state index in [1.807, 2.05) is 11.3 Å². The largest absolute Gasteiger partial charge is 0.313 e. The Morgan fingerprint density at radius 3 is 3.20 bits per heavy atom. The second-order valence-corrected chi connectivity index (χ2v) is 5.42. The molecular formula is C12H20N2S. The van der Waals surface area contributed by atoms with Gasteiger partial charge in [0, 0.05) is 24.0 Å². The summed E-state index contributed by atoms with van der Waals surface area (Å²) in [5.41, 5.74) is 0. The highest BCUT2D eigenvalue weighted by molar-refractivity contribution is 7.09. The smallest absolute Gasteiger partial charge is 0.0195 e. The molecule has 15 heavy (non-hydrogen) atoms. The van der Waals surface area contributed by atoms with Gasteiger partial charge < -0.3 is 10.2 Å². The molecule has 1 N–H and O–H groups in total. The third-order valence-corrected chi connectivity index (χ3v) is 3.95. The van der Waals surface area contributed by atoms with E-state index in [-0.39, 0.29) is 0 Å². The average molecular weight is 224 g/mol. The molecule has 1 aliphatic rings. The molecule has 2 nitrogen and oxygen atoms in total. The number of rotatable bonds is 5. The molecule has 0 saturated carbocycles. The molecule has 1 aromatic rings. The molecule has 0 amide bonds. The van der Waals surface area contributed by atoms with Gasteiger partial charge in [0.2, 0.25) is 0 Å². The van der Waals surface area contributed by atoms with Gasteiger partial charge in [-0.2, -0.15) is 0 Å². The molecule has 0 radical (unpaired) electrons. The zero-order valence-electron chi connectivity index (χ0n) is 9.41. The van der Waals surface area contributed by atoms with Crippen molar-refractivity contribution in [2.24, 2.45) is 0 Å². The normalized spacial score (nSPS) is 21.3. The number of thiophene rings is 1. The van der Waals surface area contributed by atoms with E-state index in [0.29, 0.717) is 0 Å². The number of nitrogens with zero attached hydrogens (tertiary/aromatic N) is 1. The second kappa shape index (κ2) is 5.64. The molecule has 84 valence electrons. The molecule has 0 bridgehead atoms. The van der Waals surface area contributed by atoms with Crippen LogP contribution in [0, 0.1) is 0 Å². The molecule has 0 unspecified atom stereocenters. The van der Waals surface area contributed by atoms with Gasteiger partial charge in [-0.25, -0.2) is 0 Å². The maximum absolute atomic E-state index is 3.54. The summed E-state index contributed by atoms with van der Waals surface area (Å²) < 4.78 is 0. The van der Waals surface area contributed by atoms with Crippen molar-refractivity contribution in [1.29, 1.82) is 0 Å². The lowest BCUT2D eigenvalue weighted by Gasteiger charge is -2.20. The van der Waals surface area contributed by atoms with Crippen molar-refractivity contribution in [3.8, 4) is 0 Å². The lowest BCUT2D eigenvalue weighted by molar-refractivity contribution is 0.304. The van der Waals surface area contributed by atoms with E-state index in [2.05, 4.69) is 34.8 Å². The van der Waals surface area contributed by atoms with Crippen molar-refractivity contribution < 1.29 is 0 Å². The summed E-state index contributed by atoms with van der Waals surface area (Å²) in [5.74, 6) is 0. The number of likely N-dealkylation sites (N-methyl/N-ethyl adjacent to an activating group) is 1. The van der Waals surface area contributed by atoms with Gasteiger partial charge >= 0.3 is 0 Å². The van der Waals surface area contributed by atoms with Crippen LogP contribution in [0.1, 0.15) is 17.7 Å². The van der Waals surface area contributed by atoms with Crippen LogP contribution < -0.4 is 5.32 Å². The minimum Gasteiger partial charge on any atom is -0.313 e. The van der Waals surface area contributed by atoms with E-state index in [4.69, 9.17) is 0 Å². The summed E-state index contributed by atoms with van der Waals surface area (Å²) in [6.07, 6.45) is 3.90. The summed E-state index contributed by atoms with van der Waals surface area (Å²) in [6.45, 7) is 3.59. The van der Waals surface area contributed by atoms with Crippen molar-refractivity contribution in [3.05, 3.63) is 22.4 Å². The van der Waals surface area contributed by atoms with Gasteiger partial charge in [-0.15, -0.1) is 11.3 Å². The Morgan fingerprint density at radius 1 is 1.60 bits per heavy atom. The number of hydrogen-bond acceptors (Lipinski definition) is 3. The Balaban J connectivity index is 1.66. The fourth-order valence-corrected chi connectivity index (χ4v) is 2.83. The van der Waals surface area contributed by atoms with Crippen LogP contribution in [0.2, 0.25) is 0 Å². The first-order chi connectivity index (χ1) is 7.34. The number of nitrogens with one attached hydrogen (secondary N) is 1. The molecule has 2 heterocycles. The molecule has 1 saturated heterocycles. The monoisotopic (exact) mass is 224 g/mol. The average Bonchev–Trinajstić information content (AvgIpc) is 2.86. The molecule has 1 fully saturated rings. The Kier molecular flexibility index (Phi) is 4.18. The highest BCUT2D eigenvalue weighted by Crippen LogP contribution is 2.10. The van der Waals surface area contributed by atoms with Crippen LogP contribution in [0.4, 0.5) is 0 Å². The molecule has 1 aliphatic heterocycles. The van der Waals surface area contributed by atoms with Crippen LogP contribution in [0.3, 0.4) is 0 Å². The minimum absolute atomic E-state index is 0.735. The van der Waals surface area contributed by atoms with Gasteiger partial charge in [-0.05, 0) is 44.3 Å². The number of hydrogen-bond donors (Lipinski definition) is 1. The lowest BCUT2D eigenvalue weighted by Crippen LogP contribution is -2.36. The van der Waals surface area contributed by atoms with E-state index in [9.17, 15) is 0 Å². The molecule has 1 atom stereocenters. The molecule has 0 aromatic carbocycles. The topological polar surface area (TPSA) is 15.3 Å². The molecule has 0 spiro atoms. The fourth-order valence-electron chi connectivity index (χ4n) is 2.14. The minimum atomic E-state index is 0.735. The Labute approximate surface area is 96.3 Å². The quantitative estimate of drug-likeness (QED) is 0.822. The van der Waals surface area contributed by atoms with Crippen molar-refractivity contribution in [3.63, 3.8) is 0 Å². The van der Waals surface area contributed by atoms with Gasteiger partial charge in [0.25, 0.3) is 0 Å². The highest BCUT2D eigenvalue weighted by atomic mass is 32.1. The van der Waals surface area contributed by atoms with Crippen molar-refractivity contribution >= 4 is 11.3 Å². The van der Waals surface area contributed by atoms with E-state index in [1.165, 1.54) is 43.8 Å². The molecule has 2 rings (SSSR count). The summed E-state index contributed by atoms with van der Waals surface area (Å²) in [5, 5.41) is 5.70. The molecule has 3 heteroatoms. The van der Waals surface area contributed by atoms with Crippen molar-refractivity contribution in [2.75, 3.05) is 26.7 Å². The summed E-state index contributed by atoms with van der Waals surface area (Å²) in [4.78, 5) is 3.95. The van der Waals surface area contributed by atoms with Crippen LogP contribution >= 0.6 is 11.3 Å². The third-order valence-electron chi connectivity index (χ3n) is 3.01. The van der Waals surface area contributed by atoms with E-state index in [1.54, 1.807) is 0 Å². The fraction of sp³-hybridized carbons (Fsp3) is 0.667. The summed E-state index contributed by atoms with van der Waals surface area (Å²) in [7, 11) is 2.23. The zero-order chi connectivity index (χ0) is 10.5. The first-order valence-corrected chi connectivity index (χ1v) is 6.67. The predicted octanol–water partition coefficient (Wildman–Crippen LogP) is 1.97. The van der Waals surface area contributed by atoms with E-state index >= 15 is 0 Å². The van der Waals surface area contributed by atoms with Crippen LogP contribution in [0.5, 0.6) is 0 Å². The van der Waals surface area contributed by atoms with Crippen LogP contribution in [-0.2, 0) is 6.42 Å². The SMILES string of the molecule is CN(CCc1cccs1)C[C@H]1CCCN1. The summed E-state index contributed by atoms with van der Waals surface area (Å²) in [6, 6.07) is 5.10. The van der Waals surface area contributed by atoms with Gasteiger partial charge in [-0.1, -0.05) is 6.07 Å². The lowest BCUT2D eigenvalue weighted by atomic mass is 10.2. The molecule has 1 aromatic heterocycles. The zero-order valence-corrected chi connectivity index (χ0v) is 10.2. The van der Waals surface area contributed by atoms with Crippen LogP contribution in [0.25, 0.3) is 0 Å². The summed E-state index contributed by atoms with van der Waals surface area (Å²) >= 11 is 1.87. The Hall–Kier alpha value is -0.380. The molecular weight excluding hydrogens is 204 g/mol. The Bertz CT molecular complexity index is 265. The highest BCUT2D eigenvalue weighted by Gasteiger charge is 2.15. The van der Waals surface area contributed by atoms with Gasteiger partial charge in [0.15, 0.2) is 0 Å². The first kappa shape index (κ1) is 11.1. The van der Waals surface area contributed by atoms with Crippen LogP contribution in [0.15, 0.2) is 17.5 Å². The van der Waals surface area contributed by atoms with Gasteiger partial charge in [0.1, 0.15) is 0 Å². The predicted molar refractivity (Wildman–Crippen MR) is 66.5 cm³/mol. The van der Waals surface area contributed by atoms with Gasteiger partial charge in [-0.3, -0.25) is 0 Å².